The van der Waals surface area contributed by atoms with E-state index in [-0.39, 0.29) is 37.3 Å². The number of nitrogens with one attached hydrogen (secondary N) is 2. The van der Waals surface area contributed by atoms with Crippen molar-refractivity contribution in [1.82, 2.24) is 15.5 Å². The van der Waals surface area contributed by atoms with Crippen LogP contribution in [0.25, 0.3) is 0 Å². The number of nitrogens with two attached hydrogens (primary N) is 1. The maximum atomic E-state index is 13.0. The summed E-state index contributed by atoms with van der Waals surface area (Å²) in [6.45, 7) is 3.78. The number of hydrogen-bond donors (Lipinski definition) is 3. The van der Waals surface area contributed by atoms with Crippen LogP contribution in [0.4, 0.5) is 9.59 Å². The molecule has 0 bridgehead atoms. The van der Waals surface area contributed by atoms with Gasteiger partial charge in [0.25, 0.3) is 0 Å². The largest absolute Gasteiger partial charge is 0.447 e. The number of hydrogen-bond acceptors (Lipinski definition) is 6. The van der Waals surface area contributed by atoms with Crippen molar-refractivity contribution in [2.24, 2.45) is 17.6 Å². The number of carbonyl (C=O) groups excluding carboxylic acids is 2. The van der Waals surface area contributed by atoms with E-state index in [1.54, 1.807) is 0 Å². The molecule has 0 aliphatic carbocycles. The first-order valence-electron chi connectivity index (χ1n) is 12.5. The van der Waals surface area contributed by atoms with E-state index in [0.29, 0.717) is 30.6 Å². The number of primary amides is 1. The molecule has 35 heavy (non-hydrogen) atoms. The van der Waals surface area contributed by atoms with Crippen LogP contribution in [0.2, 0.25) is 5.02 Å². The van der Waals surface area contributed by atoms with Crippen LogP contribution in [0.3, 0.4) is 0 Å². The summed E-state index contributed by atoms with van der Waals surface area (Å²) < 4.78 is 16.5. The molecule has 196 valence electrons. The van der Waals surface area contributed by atoms with E-state index in [9.17, 15) is 9.59 Å². The minimum Gasteiger partial charge on any atom is -0.447 e. The van der Waals surface area contributed by atoms with Crippen molar-refractivity contribution in [2.75, 3.05) is 53.1 Å². The zero-order valence-electron chi connectivity index (χ0n) is 20.5. The summed E-state index contributed by atoms with van der Waals surface area (Å²) in [5.41, 5.74) is 5.99. The molecule has 2 aliphatic rings. The summed E-state index contributed by atoms with van der Waals surface area (Å²) in [4.78, 5) is 25.8. The van der Waals surface area contributed by atoms with Gasteiger partial charge in [0.05, 0.1) is 12.7 Å². The Morgan fingerprint density at radius 2 is 2.14 bits per heavy atom. The van der Waals surface area contributed by atoms with Gasteiger partial charge >= 0.3 is 12.1 Å². The number of halogens is 1. The highest BCUT2D eigenvalue weighted by Gasteiger charge is 2.31. The Morgan fingerprint density at radius 3 is 2.86 bits per heavy atom. The maximum absolute atomic E-state index is 13.0. The zero-order chi connectivity index (χ0) is 25.0. The highest BCUT2D eigenvalue weighted by atomic mass is 35.5. The lowest BCUT2D eigenvalue weighted by Crippen LogP contribution is -2.50. The second-order valence-electron chi connectivity index (χ2n) is 9.35. The second kappa shape index (κ2) is 14.5. The van der Waals surface area contributed by atoms with Gasteiger partial charge in [-0.15, -0.1) is 0 Å². The summed E-state index contributed by atoms with van der Waals surface area (Å²) in [5.74, 6) is 0.618. The van der Waals surface area contributed by atoms with Gasteiger partial charge in [0, 0.05) is 49.8 Å². The maximum Gasteiger partial charge on any atom is 0.404 e. The first kappa shape index (κ1) is 27.5. The molecular weight excluding hydrogens is 472 g/mol. The molecular formula is C25H39ClN4O5. The number of amides is 3. The average Bonchev–Trinajstić information content (AvgIpc) is 2.87. The van der Waals surface area contributed by atoms with Crippen molar-refractivity contribution in [3.63, 3.8) is 0 Å². The van der Waals surface area contributed by atoms with Gasteiger partial charge in [0.1, 0.15) is 6.61 Å². The molecule has 3 amide bonds. The molecule has 1 aromatic carbocycles. The van der Waals surface area contributed by atoms with E-state index in [1.807, 2.05) is 36.2 Å². The zero-order valence-corrected chi connectivity index (χ0v) is 21.3. The predicted octanol–water partition coefficient (Wildman–Crippen LogP) is 3.32. The molecule has 3 rings (SSSR count). The van der Waals surface area contributed by atoms with Crippen molar-refractivity contribution in [2.45, 2.75) is 44.2 Å². The highest BCUT2D eigenvalue weighted by molar-refractivity contribution is 6.30. The summed E-state index contributed by atoms with van der Waals surface area (Å²) in [6, 6.07) is 7.70. The van der Waals surface area contributed by atoms with Crippen molar-refractivity contribution in [3.05, 3.63) is 34.9 Å². The molecule has 4 N–H and O–H groups in total. The van der Waals surface area contributed by atoms with Gasteiger partial charge in [-0.05, 0) is 62.8 Å². The minimum atomic E-state index is -0.829. The first-order chi connectivity index (χ1) is 17.0. The molecule has 0 radical (unpaired) electrons. The van der Waals surface area contributed by atoms with Crippen LogP contribution in [0.5, 0.6) is 0 Å². The average molecular weight is 511 g/mol. The van der Waals surface area contributed by atoms with E-state index < -0.39 is 6.09 Å². The fourth-order valence-electron chi connectivity index (χ4n) is 4.97. The molecule has 10 heteroatoms. The Bertz CT molecular complexity index is 808. The number of likely N-dealkylation sites (tertiary alicyclic amines) is 1. The molecule has 2 saturated heterocycles. The van der Waals surface area contributed by atoms with Gasteiger partial charge in [0.15, 0.2) is 0 Å². The van der Waals surface area contributed by atoms with Crippen molar-refractivity contribution in [3.8, 4) is 0 Å². The van der Waals surface area contributed by atoms with E-state index in [2.05, 4.69) is 10.6 Å². The standard InChI is InChI=1S/C25H39ClN4O5/c1-28-22(13-18-5-4-10-33-17-18)15-29-25(32)30-9-3-7-20(16-30)23(34-11-12-35-24(27)31)19-6-2-8-21(26)14-19/h2,6,8,14,18,20,22-23,28H,3-5,7,9-13,15-17H2,1H3,(H2,27,31)(H,29,32)/t18-,20-,22+,23+/m1/s1. The quantitative estimate of drug-likeness (QED) is 0.393. The van der Waals surface area contributed by atoms with Crippen LogP contribution >= 0.6 is 11.6 Å². The molecule has 9 nitrogen and oxygen atoms in total. The Balaban J connectivity index is 1.56. The summed E-state index contributed by atoms with van der Waals surface area (Å²) in [6.07, 6.45) is 3.95. The van der Waals surface area contributed by atoms with E-state index in [1.165, 1.54) is 6.42 Å². The molecule has 0 spiro atoms. The first-order valence-corrected chi connectivity index (χ1v) is 12.9. The summed E-state index contributed by atoms with van der Waals surface area (Å²) in [5, 5.41) is 7.07. The van der Waals surface area contributed by atoms with Gasteiger partial charge in [-0.25, -0.2) is 9.59 Å². The molecule has 2 aliphatic heterocycles. The van der Waals surface area contributed by atoms with Gasteiger partial charge in [-0.2, -0.15) is 0 Å². The Kier molecular flexibility index (Phi) is 11.4. The predicted molar refractivity (Wildman–Crippen MR) is 134 cm³/mol. The molecule has 0 aromatic heterocycles. The molecule has 2 fully saturated rings. The highest BCUT2D eigenvalue weighted by Crippen LogP contribution is 2.34. The summed E-state index contributed by atoms with van der Waals surface area (Å²) >= 11 is 6.23. The lowest BCUT2D eigenvalue weighted by molar-refractivity contribution is -0.0256. The van der Waals surface area contributed by atoms with Crippen LogP contribution in [0.15, 0.2) is 24.3 Å². The number of likely N-dealkylation sites (N-methyl/N-ethyl adjacent to an activating group) is 1. The minimum absolute atomic E-state index is 0.0586. The number of nitrogens with zero attached hydrogens (tertiary/aromatic N) is 1. The molecule has 4 atom stereocenters. The molecule has 2 heterocycles. The normalized spacial score (nSPS) is 22.3. The van der Waals surface area contributed by atoms with Crippen LogP contribution < -0.4 is 16.4 Å². The summed E-state index contributed by atoms with van der Waals surface area (Å²) in [7, 11) is 1.94. The number of rotatable bonds is 11. The van der Waals surface area contributed by atoms with Crippen LogP contribution in [0.1, 0.15) is 43.8 Å². The van der Waals surface area contributed by atoms with Crippen molar-refractivity contribution in [1.29, 1.82) is 0 Å². The fourth-order valence-corrected chi connectivity index (χ4v) is 5.17. The third-order valence-electron chi connectivity index (χ3n) is 6.76. The fraction of sp³-hybridized carbons (Fsp3) is 0.680. The van der Waals surface area contributed by atoms with Crippen LogP contribution in [-0.4, -0.2) is 76.2 Å². The van der Waals surface area contributed by atoms with E-state index in [4.69, 9.17) is 31.5 Å². The Hall–Kier alpha value is -2.07. The molecule has 0 saturated carbocycles. The molecule has 1 aromatic rings. The molecule has 0 unspecified atom stereocenters. The lowest BCUT2D eigenvalue weighted by atomic mass is 9.88. The number of piperidine rings is 1. The number of ether oxygens (including phenoxy) is 3. The van der Waals surface area contributed by atoms with Crippen molar-refractivity contribution < 1.29 is 23.8 Å². The number of urea groups is 1. The number of carbonyl (C=O) groups is 2. The smallest absolute Gasteiger partial charge is 0.404 e. The van der Waals surface area contributed by atoms with Gasteiger partial charge in [-0.3, -0.25) is 0 Å². The monoisotopic (exact) mass is 510 g/mol. The van der Waals surface area contributed by atoms with Crippen LogP contribution in [-0.2, 0) is 14.2 Å². The van der Waals surface area contributed by atoms with Gasteiger partial charge in [0.2, 0.25) is 0 Å². The van der Waals surface area contributed by atoms with Crippen LogP contribution in [0, 0.1) is 11.8 Å². The van der Waals surface area contributed by atoms with E-state index >= 15 is 0 Å². The second-order valence-corrected chi connectivity index (χ2v) is 9.79. The van der Waals surface area contributed by atoms with Gasteiger partial charge in [-0.1, -0.05) is 23.7 Å². The topological polar surface area (TPSA) is 115 Å². The third-order valence-corrected chi connectivity index (χ3v) is 6.99. The Morgan fingerprint density at radius 1 is 1.29 bits per heavy atom. The Labute approximate surface area is 213 Å². The van der Waals surface area contributed by atoms with Crippen molar-refractivity contribution >= 4 is 23.7 Å². The van der Waals surface area contributed by atoms with Gasteiger partial charge < -0.3 is 35.5 Å². The third kappa shape index (κ3) is 9.14. The number of benzene rings is 1. The lowest BCUT2D eigenvalue weighted by Gasteiger charge is -2.37. The van der Waals surface area contributed by atoms with E-state index in [0.717, 1.165) is 44.5 Å². The SMILES string of the molecule is CN[C@H](CNC(=O)N1CCC[C@@H]([C@@H](OCCOC(N)=O)c2cccc(Cl)c2)C1)C[C@H]1CCCOC1.